The summed E-state index contributed by atoms with van der Waals surface area (Å²) in [7, 11) is -3.64. The van der Waals surface area contributed by atoms with Crippen LogP contribution in [0.5, 0.6) is 0 Å². The van der Waals surface area contributed by atoms with Crippen molar-refractivity contribution in [3.8, 4) is 6.07 Å². The Balaban J connectivity index is 2.26. The average Bonchev–Trinajstić information content (AvgIpc) is 2.52. The Morgan fingerprint density at radius 1 is 1.16 bits per heavy atom. The van der Waals surface area contributed by atoms with E-state index < -0.39 is 15.6 Å². The van der Waals surface area contributed by atoms with Crippen molar-refractivity contribution in [2.75, 3.05) is 5.32 Å². The van der Waals surface area contributed by atoms with Gasteiger partial charge in [-0.1, -0.05) is 24.3 Å². The third kappa shape index (κ3) is 5.02. The first-order valence-corrected chi connectivity index (χ1v) is 9.34. The number of aromatic nitrogens is 1. The number of sulfonamides is 1. The molecule has 0 saturated heterocycles. The first kappa shape index (κ1) is 18.9. The number of hydrogen-bond acceptors (Lipinski definition) is 5. The second-order valence-electron chi connectivity index (χ2n) is 6.79. The molecule has 25 heavy (non-hydrogen) atoms. The summed E-state index contributed by atoms with van der Waals surface area (Å²) in [5.74, 6) is 0.526. The number of aryl methyl sites for hydroxylation is 1. The van der Waals surface area contributed by atoms with Crippen LogP contribution in [0.2, 0.25) is 0 Å². The van der Waals surface area contributed by atoms with Gasteiger partial charge in [-0.05, 0) is 51.0 Å². The molecule has 6 nitrogen and oxygen atoms in total. The summed E-state index contributed by atoms with van der Waals surface area (Å²) in [5, 5.41) is 12.1. The Bertz CT molecular complexity index is 909. The van der Waals surface area contributed by atoms with Crippen LogP contribution < -0.4 is 10.0 Å². The second-order valence-corrected chi connectivity index (χ2v) is 8.44. The van der Waals surface area contributed by atoms with Gasteiger partial charge in [-0.3, -0.25) is 0 Å². The zero-order valence-corrected chi connectivity index (χ0v) is 15.6. The summed E-state index contributed by atoms with van der Waals surface area (Å²) in [6.07, 6.45) is 0. The minimum Gasteiger partial charge on any atom is -0.366 e. The SMILES string of the molecule is Cc1ccc(NCc2ccccc2S(=O)(=O)NC(C)(C)C)nc1C#N. The maximum absolute atomic E-state index is 12.6. The second kappa shape index (κ2) is 7.21. The standard InChI is InChI=1S/C18H22N4O2S/c1-13-9-10-17(21-15(13)11-19)20-12-14-7-5-6-8-16(14)25(23,24)22-18(2,3)4/h5-10,22H,12H2,1-4H3,(H,20,21). The van der Waals surface area contributed by atoms with Crippen LogP contribution in [0.15, 0.2) is 41.3 Å². The number of pyridine rings is 1. The maximum atomic E-state index is 12.6. The molecular formula is C18H22N4O2S. The van der Waals surface area contributed by atoms with E-state index in [9.17, 15) is 8.42 Å². The molecule has 2 rings (SSSR count). The van der Waals surface area contributed by atoms with Gasteiger partial charge in [0.05, 0.1) is 4.90 Å². The van der Waals surface area contributed by atoms with Crippen LogP contribution in [-0.2, 0) is 16.6 Å². The van der Waals surface area contributed by atoms with Gasteiger partial charge < -0.3 is 5.32 Å². The predicted octanol–water partition coefficient (Wildman–Crippen LogP) is 2.95. The highest BCUT2D eigenvalue weighted by atomic mass is 32.2. The third-order valence-electron chi connectivity index (χ3n) is 3.37. The fraction of sp³-hybridized carbons (Fsp3) is 0.333. The summed E-state index contributed by atoms with van der Waals surface area (Å²) in [5.41, 5.74) is 1.20. The van der Waals surface area contributed by atoms with Gasteiger partial charge in [0.15, 0.2) is 0 Å². The van der Waals surface area contributed by atoms with Crippen molar-refractivity contribution in [2.24, 2.45) is 0 Å². The van der Waals surface area contributed by atoms with Crippen molar-refractivity contribution in [1.82, 2.24) is 9.71 Å². The van der Waals surface area contributed by atoms with E-state index in [1.807, 2.05) is 13.0 Å². The van der Waals surface area contributed by atoms with Crippen LogP contribution in [0.4, 0.5) is 5.82 Å². The van der Waals surface area contributed by atoms with E-state index in [0.29, 0.717) is 17.1 Å². The molecule has 0 aliphatic heterocycles. The lowest BCUT2D eigenvalue weighted by Gasteiger charge is -2.21. The monoisotopic (exact) mass is 358 g/mol. The van der Waals surface area contributed by atoms with Crippen LogP contribution in [0.25, 0.3) is 0 Å². The van der Waals surface area contributed by atoms with Crippen molar-refractivity contribution < 1.29 is 8.42 Å². The quantitative estimate of drug-likeness (QED) is 0.857. The predicted molar refractivity (Wildman–Crippen MR) is 97.5 cm³/mol. The van der Waals surface area contributed by atoms with E-state index in [4.69, 9.17) is 5.26 Å². The molecule has 0 saturated carbocycles. The molecule has 1 aromatic carbocycles. The smallest absolute Gasteiger partial charge is 0.241 e. The van der Waals surface area contributed by atoms with E-state index in [-0.39, 0.29) is 11.4 Å². The summed E-state index contributed by atoms with van der Waals surface area (Å²) in [6.45, 7) is 7.48. The largest absolute Gasteiger partial charge is 0.366 e. The van der Waals surface area contributed by atoms with Gasteiger partial charge in [-0.15, -0.1) is 0 Å². The fourth-order valence-electron chi connectivity index (χ4n) is 2.30. The minimum atomic E-state index is -3.64. The third-order valence-corrected chi connectivity index (χ3v) is 5.22. The van der Waals surface area contributed by atoms with E-state index in [2.05, 4.69) is 15.0 Å². The molecule has 1 heterocycles. The highest BCUT2D eigenvalue weighted by Crippen LogP contribution is 2.19. The van der Waals surface area contributed by atoms with E-state index in [0.717, 1.165) is 5.56 Å². The topological polar surface area (TPSA) is 94.9 Å². The Labute approximate surface area is 149 Å². The van der Waals surface area contributed by atoms with Gasteiger partial charge in [0.2, 0.25) is 10.0 Å². The molecule has 0 aliphatic rings. The van der Waals surface area contributed by atoms with Crippen molar-refractivity contribution in [3.63, 3.8) is 0 Å². The van der Waals surface area contributed by atoms with Gasteiger partial charge in [0, 0.05) is 12.1 Å². The van der Waals surface area contributed by atoms with Crippen molar-refractivity contribution in [3.05, 3.63) is 53.2 Å². The van der Waals surface area contributed by atoms with Crippen LogP contribution in [0, 0.1) is 18.3 Å². The Morgan fingerprint density at radius 2 is 1.84 bits per heavy atom. The molecule has 0 radical (unpaired) electrons. The van der Waals surface area contributed by atoms with E-state index in [1.54, 1.807) is 57.2 Å². The Morgan fingerprint density at radius 3 is 2.48 bits per heavy atom. The van der Waals surface area contributed by atoms with Gasteiger partial charge in [0.1, 0.15) is 17.6 Å². The van der Waals surface area contributed by atoms with Gasteiger partial charge in [0.25, 0.3) is 0 Å². The molecule has 0 spiro atoms. The molecule has 2 aromatic rings. The lowest BCUT2D eigenvalue weighted by Crippen LogP contribution is -2.40. The van der Waals surface area contributed by atoms with Gasteiger partial charge in [-0.2, -0.15) is 5.26 Å². The zero-order valence-electron chi connectivity index (χ0n) is 14.8. The first-order valence-electron chi connectivity index (χ1n) is 7.86. The number of anilines is 1. The van der Waals surface area contributed by atoms with Crippen LogP contribution in [0.1, 0.15) is 37.6 Å². The van der Waals surface area contributed by atoms with Crippen LogP contribution in [0.3, 0.4) is 0 Å². The number of benzene rings is 1. The summed E-state index contributed by atoms with van der Waals surface area (Å²) >= 11 is 0. The molecule has 7 heteroatoms. The number of nitrogens with zero attached hydrogens (tertiary/aromatic N) is 2. The first-order chi connectivity index (χ1) is 11.6. The lowest BCUT2D eigenvalue weighted by atomic mass is 10.1. The maximum Gasteiger partial charge on any atom is 0.241 e. The number of nitrogens with one attached hydrogen (secondary N) is 2. The summed E-state index contributed by atoms with van der Waals surface area (Å²) < 4.78 is 27.9. The van der Waals surface area contributed by atoms with Crippen molar-refractivity contribution in [2.45, 2.75) is 44.7 Å². The van der Waals surface area contributed by atoms with Crippen molar-refractivity contribution in [1.29, 1.82) is 5.26 Å². The molecule has 132 valence electrons. The summed E-state index contributed by atoms with van der Waals surface area (Å²) in [6, 6.07) is 12.4. The molecule has 1 aromatic heterocycles. The molecule has 0 atom stereocenters. The number of hydrogen-bond donors (Lipinski definition) is 2. The Kier molecular flexibility index (Phi) is 5.45. The molecule has 0 fully saturated rings. The highest BCUT2D eigenvalue weighted by Gasteiger charge is 2.24. The van der Waals surface area contributed by atoms with Gasteiger partial charge in [-0.25, -0.2) is 18.1 Å². The zero-order chi connectivity index (χ0) is 18.7. The molecular weight excluding hydrogens is 336 g/mol. The number of nitriles is 1. The molecule has 0 unspecified atom stereocenters. The number of rotatable bonds is 5. The van der Waals surface area contributed by atoms with Crippen molar-refractivity contribution >= 4 is 15.8 Å². The molecule has 0 bridgehead atoms. The summed E-state index contributed by atoms with van der Waals surface area (Å²) in [4.78, 5) is 4.45. The Hall–Kier alpha value is -2.43. The average molecular weight is 358 g/mol. The van der Waals surface area contributed by atoms with E-state index >= 15 is 0 Å². The minimum absolute atomic E-state index is 0.227. The fourth-order valence-corrected chi connectivity index (χ4v) is 3.96. The molecule has 2 N–H and O–H groups in total. The highest BCUT2D eigenvalue weighted by molar-refractivity contribution is 7.89. The van der Waals surface area contributed by atoms with Crippen LogP contribution >= 0.6 is 0 Å². The lowest BCUT2D eigenvalue weighted by molar-refractivity contribution is 0.491. The molecule has 0 amide bonds. The van der Waals surface area contributed by atoms with Gasteiger partial charge >= 0.3 is 0 Å². The van der Waals surface area contributed by atoms with E-state index in [1.165, 1.54) is 0 Å². The molecule has 0 aliphatic carbocycles. The normalized spacial score (nSPS) is 11.8. The van der Waals surface area contributed by atoms with Crippen LogP contribution in [-0.4, -0.2) is 18.9 Å².